The Morgan fingerprint density at radius 1 is 1.15 bits per heavy atom. The Labute approximate surface area is 152 Å². The van der Waals surface area contributed by atoms with Crippen LogP contribution in [0.2, 0.25) is 5.02 Å². The van der Waals surface area contributed by atoms with Crippen LogP contribution < -0.4 is 4.90 Å². The number of anilines is 1. The molecular formula is C17H15ClF3N5. The van der Waals surface area contributed by atoms with E-state index in [2.05, 4.69) is 20.0 Å². The summed E-state index contributed by atoms with van der Waals surface area (Å²) in [5.41, 5.74) is -0.125. The van der Waals surface area contributed by atoms with E-state index in [1.807, 2.05) is 6.07 Å². The lowest BCUT2D eigenvalue weighted by atomic mass is 10.1. The molecule has 0 saturated carbocycles. The third-order valence-electron chi connectivity index (χ3n) is 4.55. The summed E-state index contributed by atoms with van der Waals surface area (Å²) in [5.74, 6) is 0.763. The minimum absolute atomic E-state index is 0.142. The molecule has 0 aliphatic carbocycles. The minimum Gasteiger partial charge on any atom is -0.354 e. The molecule has 1 fully saturated rings. The first-order valence-electron chi connectivity index (χ1n) is 8.19. The highest BCUT2D eigenvalue weighted by Gasteiger charge is 2.34. The Hall–Kier alpha value is -2.35. The SMILES string of the molecule is FC(F)(F)c1ccn(C2CCCN(c3ncnc4cc(Cl)ccc34)C2)n1. The quantitative estimate of drug-likeness (QED) is 0.662. The van der Waals surface area contributed by atoms with Crippen molar-refractivity contribution in [2.24, 2.45) is 0 Å². The number of aromatic nitrogens is 4. The molecule has 4 rings (SSSR count). The first kappa shape index (κ1) is 17.1. The molecule has 0 radical (unpaired) electrons. The molecular weight excluding hydrogens is 367 g/mol. The summed E-state index contributed by atoms with van der Waals surface area (Å²) in [6.45, 7) is 1.31. The highest BCUT2D eigenvalue weighted by Crippen LogP contribution is 2.32. The maximum atomic E-state index is 12.8. The largest absolute Gasteiger partial charge is 0.435 e. The third-order valence-corrected chi connectivity index (χ3v) is 4.78. The topological polar surface area (TPSA) is 46.8 Å². The van der Waals surface area contributed by atoms with Crippen molar-refractivity contribution in [1.82, 2.24) is 19.7 Å². The second-order valence-electron chi connectivity index (χ2n) is 6.28. The predicted octanol–water partition coefficient (Wildman–Crippen LogP) is 4.34. The number of hydrogen-bond acceptors (Lipinski definition) is 4. The molecule has 5 nitrogen and oxygen atoms in total. The van der Waals surface area contributed by atoms with Crippen LogP contribution in [0.15, 0.2) is 36.8 Å². The Bertz CT molecular complexity index is 940. The monoisotopic (exact) mass is 381 g/mol. The number of halogens is 4. The maximum absolute atomic E-state index is 12.8. The van der Waals surface area contributed by atoms with Crippen molar-refractivity contribution in [3.8, 4) is 0 Å². The van der Waals surface area contributed by atoms with Gasteiger partial charge in [-0.05, 0) is 37.1 Å². The van der Waals surface area contributed by atoms with Crippen LogP contribution in [0.5, 0.6) is 0 Å². The summed E-state index contributed by atoms with van der Waals surface area (Å²) in [6.07, 6.45) is 0.0547. The van der Waals surface area contributed by atoms with Crippen LogP contribution in [-0.2, 0) is 6.18 Å². The molecule has 1 unspecified atom stereocenters. The van der Waals surface area contributed by atoms with Crippen molar-refractivity contribution in [2.45, 2.75) is 25.1 Å². The Morgan fingerprint density at radius 2 is 2.00 bits per heavy atom. The van der Waals surface area contributed by atoms with Gasteiger partial charge in [-0.1, -0.05) is 11.6 Å². The van der Waals surface area contributed by atoms with E-state index >= 15 is 0 Å². The van der Waals surface area contributed by atoms with Crippen molar-refractivity contribution >= 4 is 28.3 Å². The third kappa shape index (κ3) is 3.21. The highest BCUT2D eigenvalue weighted by atomic mass is 35.5. The minimum atomic E-state index is -4.43. The van der Waals surface area contributed by atoms with E-state index in [1.165, 1.54) is 17.2 Å². The van der Waals surface area contributed by atoms with Crippen LogP contribution in [0, 0.1) is 0 Å². The molecule has 1 saturated heterocycles. The molecule has 0 amide bonds. The normalized spacial score (nSPS) is 18.5. The molecule has 1 aliphatic rings. The van der Waals surface area contributed by atoms with Crippen molar-refractivity contribution in [3.05, 3.63) is 47.5 Å². The molecule has 1 atom stereocenters. The summed E-state index contributed by atoms with van der Waals surface area (Å²) >= 11 is 6.02. The summed E-state index contributed by atoms with van der Waals surface area (Å²) < 4.78 is 39.8. The number of rotatable bonds is 2. The fourth-order valence-corrected chi connectivity index (χ4v) is 3.49. The number of nitrogens with zero attached hydrogens (tertiary/aromatic N) is 5. The second-order valence-corrected chi connectivity index (χ2v) is 6.72. The average molecular weight is 382 g/mol. The molecule has 2 aromatic heterocycles. The van der Waals surface area contributed by atoms with Gasteiger partial charge in [0.25, 0.3) is 0 Å². The molecule has 26 heavy (non-hydrogen) atoms. The van der Waals surface area contributed by atoms with Gasteiger partial charge in [0.2, 0.25) is 0 Å². The smallest absolute Gasteiger partial charge is 0.354 e. The van der Waals surface area contributed by atoms with Crippen molar-refractivity contribution in [2.75, 3.05) is 18.0 Å². The Morgan fingerprint density at radius 3 is 2.77 bits per heavy atom. The van der Waals surface area contributed by atoms with E-state index in [-0.39, 0.29) is 6.04 Å². The Balaban J connectivity index is 1.62. The van der Waals surface area contributed by atoms with Crippen LogP contribution in [-0.4, -0.2) is 32.8 Å². The van der Waals surface area contributed by atoms with Crippen LogP contribution in [0.3, 0.4) is 0 Å². The molecule has 1 aliphatic heterocycles. The van der Waals surface area contributed by atoms with Crippen LogP contribution in [0.1, 0.15) is 24.6 Å². The zero-order valence-corrected chi connectivity index (χ0v) is 14.4. The van der Waals surface area contributed by atoms with Crippen LogP contribution >= 0.6 is 11.6 Å². The lowest BCUT2D eigenvalue weighted by Gasteiger charge is -2.34. The molecule has 3 aromatic rings. The van der Waals surface area contributed by atoms with Gasteiger partial charge in [-0.2, -0.15) is 18.3 Å². The van der Waals surface area contributed by atoms with E-state index in [0.29, 0.717) is 11.6 Å². The molecule has 136 valence electrons. The zero-order valence-electron chi connectivity index (χ0n) is 13.6. The van der Waals surface area contributed by atoms with Crippen molar-refractivity contribution in [3.63, 3.8) is 0 Å². The van der Waals surface area contributed by atoms with Gasteiger partial charge < -0.3 is 4.90 Å². The van der Waals surface area contributed by atoms with Gasteiger partial charge in [-0.3, -0.25) is 4.68 Å². The number of fused-ring (bicyclic) bond motifs is 1. The van der Waals surface area contributed by atoms with Gasteiger partial charge in [-0.25, -0.2) is 9.97 Å². The van der Waals surface area contributed by atoms with Gasteiger partial charge in [0, 0.05) is 29.7 Å². The summed E-state index contributed by atoms with van der Waals surface area (Å²) in [7, 11) is 0. The van der Waals surface area contributed by atoms with Crippen LogP contribution in [0.25, 0.3) is 10.9 Å². The van der Waals surface area contributed by atoms with Crippen molar-refractivity contribution in [1.29, 1.82) is 0 Å². The number of hydrogen-bond donors (Lipinski definition) is 0. The van der Waals surface area contributed by atoms with E-state index in [4.69, 9.17) is 11.6 Å². The fraction of sp³-hybridized carbons (Fsp3) is 0.353. The van der Waals surface area contributed by atoms with Gasteiger partial charge in [0.15, 0.2) is 5.69 Å². The molecule has 0 N–H and O–H groups in total. The van der Waals surface area contributed by atoms with Gasteiger partial charge in [0.05, 0.1) is 11.6 Å². The molecule has 0 spiro atoms. The number of benzene rings is 1. The van der Waals surface area contributed by atoms with E-state index in [1.54, 1.807) is 12.1 Å². The standard InChI is InChI=1S/C17H15ClF3N5/c18-11-3-4-13-14(8-11)22-10-23-16(13)25-6-1-2-12(9-25)26-7-5-15(24-26)17(19,20)21/h3-5,7-8,10,12H,1-2,6,9H2. The fourth-order valence-electron chi connectivity index (χ4n) is 3.32. The predicted molar refractivity (Wildman–Crippen MR) is 92.3 cm³/mol. The van der Waals surface area contributed by atoms with Gasteiger partial charge in [0.1, 0.15) is 12.1 Å². The molecule has 1 aromatic carbocycles. The van der Waals surface area contributed by atoms with Crippen molar-refractivity contribution < 1.29 is 13.2 Å². The molecule has 3 heterocycles. The van der Waals surface area contributed by atoms with Gasteiger partial charge >= 0.3 is 6.18 Å². The molecule has 0 bridgehead atoms. The summed E-state index contributed by atoms with van der Waals surface area (Å²) in [4.78, 5) is 10.7. The second kappa shape index (κ2) is 6.42. The summed E-state index contributed by atoms with van der Waals surface area (Å²) in [5, 5.41) is 5.18. The lowest BCUT2D eigenvalue weighted by Crippen LogP contribution is -2.37. The first-order valence-corrected chi connectivity index (χ1v) is 8.57. The number of piperidine rings is 1. The van der Waals surface area contributed by atoms with E-state index < -0.39 is 11.9 Å². The highest BCUT2D eigenvalue weighted by molar-refractivity contribution is 6.31. The molecule has 9 heteroatoms. The van der Waals surface area contributed by atoms with E-state index in [0.717, 1.165) is 42.2 Å². The lowest BCUT2D eigenvalue weighted by molar-refractivity contribution is -0.141. The Kier molecular flexibility index (Phi) is 4.22. The maximum Gasteiger partial charge on any atom is 0.435 e. The number of alkyl halides is 3. The summed E-state index contributed by atoms with van der Waals surface area (Å²) in [6, 6.07) is 6.29. The van der Waals surface area contributed by atoms with Crippen LogP contribution in [0.4, 0.5) is 19.0 Å². The first-order chi connectivity index (χ1) is 12.4. The van der Waals surface area contributed by atoms with Gasteiger partial charge in [-0.15, -0.1) is 0 Å². The average Bonchev–Trinajstić information content (AvgIpc) is 3.11. The van der Waals surface area contributed by atoms with E-state index in [9.17, 15) is 13.2 Å². The zero-order chi connectivity index (χ0) is 18.3.